The third-order valence-electron chi connectivity index (χ3n) is 2.96. The molecular weight excluding hydrogens is 348 g/mol. The van der Waals surface area contributed by atoms with Crippen molar-refractivity contribution < 1.29 is 4.79 Å². The smallest absolute Gasteiger partial charge is 0.257 e. The number of thiocarbonyl (C=S) groups is 1. The van der Waals surface area contributed by atoms with E-state index >= 15 is 0 Å². The van der Waals surface area contributed by atoms with Gasteiger partial charge in [-0.15, -0.1) is 0 Å². The van der Waals surface area contributed by atoms with Gasteiger partial charge in [-0.1, -0.05) is 41.1 Å². The van der Waals surface area contributed by atoms with Gasteiger partial charge in [0.2, 0.25) is 0 Å². The summed E-state index contributed by atoms with van der Waals surface area (Å²) in [4.78, 5) is 12.0. The second kappa shape index (κ2) is 7.33. The van der Waals surface area contributed by atoms with Crippen molar-refractivity contribution in [2.24, 2.45) is 0 Å². The first-order valence-corrected chi connectivity index (χ1v) is 7.76. The van der Waals surface area contributed by atoms with Crippen molar-refractivity contribution in [3.8, 4) is 0 Å². The van der Waals surface area contributed by atoms with Crippen LogP contribution in [0.4, 0.5) is 5.69 Å². The van der Waals surface area contributed by atoms with Gasteiger partial charge >= 0.3 is 0 Å². The second-order valence-electron chi connectivity index (χ2n) is 4.43. The fourth-order valence-electron chi connectivity index (χ4n) is 1.90. The van der Waals surface area contributed by atoms with Gasteiger partial charge in [-0.2, -0.15) is 0 Å². The molecule has 0 aliphatic carbocycles. The van der Waals surface area contributed by atoms with Crippen LogP contribution in [0.15, 0.2) is 53.0 Å². The van der Waals surface area contributed by atoms with Crippen molar-refractivity contribution >= 4 is 44.9 Å². The van der Waals surface area contributed by atoms with Crippen molar-refractivity contribution in [2.45, 2.75) is 13.3 Å². The van der Waals surface area contributed by atoms with Gasteiger partial charge in [0.1, 0.15) is 0 Å². The molecule has 2 N–H and O–H groups in total. The third-order valence-corrected chi connectivity index (χ3v) is 3.66. The summed E-state index contributed by atoms with van der Waals surface area (Å²) in [7, 11) is 0. The molecule has 1 amide bonds. The van der Waals surface area contributed by atoms with Crippen molar-refractivity contribution in [3.63, 3.8) is 0 Å². The van der Waals surface area contributed by atoms with Gasteiger partial charge in [-0.25, -0.2) is 0 Å². The first-order chi connectivity index (χ1) is 10.1. The Morgan fingerprint density at radius 2 is 1.90 bits per heavy atom. The maximum Gasteiger partial charge on any atom is 0.257 e. The minimum atomic E-state index is -0.219. The Morgan fingerprint density at radius 1 is 1.19 bits per heavy atom. The van der Waals surface area contributed by atoms with E-state index in [4.69, 9.17) is 12.2 Å². The highest BCUT2D eigenvalue weighted by Gasteiger charge is 2.08. The number of rotatable bonds is 3. The minimum absolute atomic E-state index is 0.219. The van der Waals surface area contributed by atoms with Gasteiger partial charge < -0.3 is 5.32 Å². The summed E-state index contributed by atoms with van der Waals surface area (Å²) in [5.74, 6) is -0.219. The summed E-state index contributed by atoms with van der Waals surface area (Å²) in [5, 5.41) is 6.04. The summed E-state index contributed by atoms with van der Waals surface area (Å²) in [6.07, 6.45) is 0.872. The van der Waals surface area contributed by atoms with Crippen LogP contribution < -0.4 is 10.6 Å². The van der Waals surface area contributed by atoms with Crippen LogP contribution in [0.25, 0.3) is 0 Å². The Hall–Kier alpha value is -1.72. The van der Waals surface area contributed by atoms with Gasteiger partial charge in [0, 0.05) is 15.7 Å². The Kier molecular flexibility index (Phi) is 5.47. The summed E-state index contributed by atoms with van der Waals surface area (Å²) >= 11 is 8.64. The van der Waals surface area contributed by atoms with Crippen LogP contribution in [0.1, 0.15) is 22.8 Å². The van der Waals surface area contributed by atoms with E-state index in [1.165, 1.54) is 0 Å². The zero-order valence-electron chi connectivity index (χ0n) is 11.5. The molecule has 108 valence electrons. The molecule has 2 rings (SSSR count). The van der Waals surface area contributed by atoms with Gasteiger partial charge in [0.15, 0.2) is 5.11 Å². The Labute approximate surface area is 137 Å². The minimum Gasteiger partial charge on any atom is -0.332 e. The first kappa shape index (κ1) is 15.7. The lowest BCUT2D eigenvalue weighted by Gasteiger charge is -2.13. The summed E-state index contributed by atoms with van der Waals surface area (Å²) in [5.41, 5.74) is 2.60. The number of anilines is 1. The average Bonchev–Trinajstić information content (AvgIpc) is 2.49. The lowest BCUT2D eigenvalue weighted by atomic mass is 10.1. The number of amides is 1. The molecule has 5 heteroatoms. The predicted molar refractivity (Wildman–Crippen MR) is 93.6 cm³/mol. The molecule has 0 spiro atoms. The number of carbonyl (C=O) groups is 1. The highest BCUT2D eigenvalue weighted by atomic mass is 79.9. The van der Waals surface area contributed by atoms with Gasteiger partial charge in [0.25, 0.3) is 5.91 Å². The lowest BCUT2D eigenvalue weighted by Crippen LogP contribution is -2.34. The largest absolute Gasteiger partial charge is 0.332 e. The van der Waals surface area contributed by atoms with Crippen molar-refractivity contribution in [3.05, 3.63) is 64.1 Å². The normalized spacial score (nSPS) is 10.0. The molecule has 0 radical (unpaired) electrons. The molecule has 0 aromatic heterocycles. The fraction of sp³-hybridized carbons (Fsp3) is 0.125. The molecule has 0 saturated carbocycles. The molecule has 0 aliphatic heterocycles. The maximum absolute atomic E-state index is 12.0. The van der Waals surface area contributed by atoms with Crippen LogP contribution in [0.2, 0.25) is 0 Å². The number of halogens is 1. The van der Waals surface area contributed by atoms with Crippen molar-refractivity contribution in [1.29, 1.82) is 0 Å². The predicted octanol–water partition coefficient (Wildman–Crippen LogP) is 4.14. The summed E-state index contributed by atoms with van der Waals surface area (Å²) in [6, 6.07) is 14.9. The number of carbonyl (C=O) groups excluding carboxylic acids is 1. The molecule has 21 heavy (non-hydrogen) atoms. The Morgan fingerprint density at radius 3 is 2.57 bits per heavy atom. The maximum atomic E-state index is 12.0. The topological polar surface area (TPSA) is 41.1 Å². The number of hydrogen-bond donors (Lipinski definition) is 2. The van der Waals surface area contributed by atoms with E-state index in [1.807, 2.05) is 36.4 Å². The SMILES string of the molecule is CCc1cc(Br)ccc1NC(=S)NC(=O)c1ccccc1. The monoisotopic (exact) mass is 362 g/mol. The van der Waals surface area contributed by atoms with Crippen molar-refractivity contribution in [2.75, 3.05) is 5.32 Å². The molecular formula is C16H15BrN2OS. The van der Waals surface area contributed by atoms with Crippen molar-refractivity contribution in [1.82, 2.24) is 5.32 Å². The van der Waals surface area contributed by atoms with E-state index in [2.05, 4.69) is 33.5 Å². The standard InChI is InChI=1S/C16H15BrN2OS/c1-2-11-10-13(17)8-9-14(11)18-16(21)19-15(20)12-6-4-3-5-7-12/h3-10H,2H2,1H3,(H2,18,19,20,21). The van der Waals surface area contributed by atoms with E-state index in [0.29, 0.717) is 10.7 Å². The highest BCUT2D eigenvalue weighted by Crippen LogP contribution is 2.21. The molecule has 0 fully saturated rings. The molecule has 3 nitrogen and oxygen atoms in total. The number of benzene rings is 2. The molecule has 2 aromatic carbocycles. The Balaban J connectivity index is 2.04. The zero-order chi connectivity index (χ0) is 15.2. The third kappa shape index (κ3) is 4.37. The quantitative estimate of drug-likeness (QED) is 0.806. The molecule has 0 saturated heterocycles. The summed E-state index contributed by atoms with van der Waals surface area (Å²) in [6.45, 7) is 2.07. The van der Waals surface area contributed by atoms with Gasteiger partial charge in [-0.3, -0.25) is 10.1 Å². The molecule has 0 bridgehead atoms. The van der Waals surface area contributed by atoms with E-state index in [9.17, 15) is 4.79 Å². The fourth-order valence-corrected chi connectivity index (χ4v) is 2.51. The number of hydrogen-bond acceptors (Lipinski definition) is 2. The van der Waals surface area contributed by atoms with Crippen LogP contribution in [0, 0.1) is 0 Å². The number of nitrogens with one attached hydrogen (secondary N) is 2. The van der Waals surface area contributed by atoms with Crippen LogP contribution in [0.3, 0.4) is 0 Å². The van der Waals surface area contributed by atoms with E-state index < -0.39 is 0 Å². The van der Waals surface area contributed by atoms with Gasteiger partial charge in [-0.05, 0) is 54.5 Å². The molecule has 0 aliphatic rings. The molecule has 0 atom stereocenters. The Bertz CT molecular complexity index is 659. The van der Waals surface area contributed by atoms with Crippen LogP contribution in [-0.4, -0.2) is 11.0 Å². The highest BCUT2D eigenvalue weighted by molar-refractivity contribution is 9.10. The first-order valence-electron chi connectivity index (χ1n) is 6.56. The summed E-state index contributed by atoms with van der Waals surface area (Å²) < 4.78 is 1.02. The molecule has 2 aromatic rings. The van der Waals surface area contributed by atoms with Crippen LogP contribution >= 0.6 is 28.1 Å². The van der Waals surface area contributed by atoms with E-state index in [1.54, 1.807) is 12.1 Å². The van der Waals surface area contributed by atoms with Gasteiger partial charge in [0.05, 0.1) is 0 Å². The second-order valence-corrected chi connectivity index (χ2v) is 5.75. The molecule has 0 heterocycles. The number of aryl methyl sites for hydroxylation is 1. The lowest BCUT2D eigenvalue weighted by molar-refractivity contribution is 0.0977. The van der Waals surface area contributed by atoms with E-state index in [0.717, 1.165) is 22.1 Å². The zero-order valence-corrected chi connectivity index (χ0v) is 13.9. The van der Waals surface area contributed by atoms with Crippen LogP contribution in [-0.2, 0) is 6.42 Å². The molecule has 0 unspecified atom stereocenters. The van der Waals surface area contributed by atoms with Crippen LogP contribution in [0.5, 0.6) is 0 Å². The average molecular weight is 363 g/mol. The van der Waals surface area contributed by atoms with E-state index in [-0.39, 0.29) is 5.91 Å².